The topological polar surface area (TPSA) is 280 Å². The molecular formula is C42H56Cl2N14O6S2. The van der Waals surface area contributed by atoms with Gasteiger partial charge in [0.15, 0.2) is 22.9 Å². The Balaban J connectivity index is 0.000000247. The van der Waals surface area contributed by atoms with Crippen molar-refractivity contribution in [2.45, 2.75) is 89.6 Å². The van der Waals surface area contributed by atoms with Crippen molar-refractivity contribution < 1.29 is 18.0 Å². The summed E-state index contributed by atoms with van der Waals surface area (Å²) in [6, 6.07) is 12.7. The van der Waals surface area contributed by atoms with Crippen LogP contribution in [0.1, 0.15) is 77.3 Å². The van der Waals surface area contributed by atoms with Crippen molar-refractivity contribution in [3.63, 3.8) is 0 Å². The number of nitrogen functional groups attached to an aromatic ring is 2. The summed E-state index contributed by atoms with van der Waals surface area (Å²) < 4.78 is 46.6. The number of fused-ring (bicyclic) bond motifs is 2. The summed E-state index contributed by atoms with van der Waals surface area (Å²) in [5, 5.41) is 0.596. The van der Waals surface area contributed by atoms with E-state index in [1.807, 2.05) is 13.8 Å². The maximum absolute atomic E-state index is 13.4. The van der Waals surface area contributed by atoms with Crippen LogP contribution in [0, 0.1) is 9.56 Å². The molecule has 4 aromatic heterocycles. The Morgan fingerprint density at radius 1 is 0.606 bits per heavy atom. The number of benzene rings is 2. The molecule has 6 N–H and O–H groups in total. The highest BCUT2D eigenvalue weighted by Gasteiger charge is 2.29. The Hall–Kier alpha value is -5.84. The van der Waals surface area contributed by atoms with Crippen molar-refractivity contribution in [1.82, 2.24) is 48.0 Å². The molecule has 356 valence electrons. The molecule has 0 saturated carbocycles. The van der Waals surface area contributed by atoms with Gasteiger partial charge in [-0.15, -0.1) is 0 Å². The quantitative estimate of drug-likeness (QED) is 0.0730. The molecule has 0 aliphatic heterocycles. The highest BCUT2D eigenvalue weighted by molar-refractivity contribution is 7.92. The SMILES string of the molecule is CCCCN(C)C(=O)n1c(=O)n(Cc2ccc(Cl)cc2)c2nc([S@@](=N)(=O)CCC)nc(N)c21.CCCCN(C)C(=O)n1c(=O)n(Cc2ccc(Cl)cc2)c2nc([S@](=N)(=O)CCC)nc(N)c21. The lowest BCUT2D eigenvalue weighted by molar-refractivity contribution is 0.209. The minimum Gasteiger partial charge on any atom is -0.382 e. The minimum atomic E-state index is -3.31. The van der Waals surface area contributed by atoms with E-state index in [1.165, 1.54) is 18.9 Å². The van der Waals surface area contributed by atoms with Crippen LogP contribution in [0.15, 0.2) is 68.4 Å². The molecule has 0 spiro atoms. The largest absolute Gasteiger partial charge is 0.382 e. The predicted molar refractivity (Wildman–Crippen MR) is 259 cm³/mol. The van der Waals surface area contributed by atoms with Gasteiger partial charge in [-0.05, 0) is 61.1 Å². The molecule has 66 heavy (non-hydrogen) atoms. The maximum Gasteiger partial charge on any atom is 0.339 e. The van der Waals surface area contributed by atoms with Gasteiger partial charge < -0.3 is 21.3 Å². The number of hydrogen-bond acceptors (Lipinski definition) is 14. The van der Waals surface area contributed by atoms with Gasteiger partial charge in [-0.3, -0.25) is 9.13 Å². The third-order valence-corrected chi connectivity index (χ3v) is 14.4. The Morgan fingerprint density at radius 2 is 0.939 bits per heavy atom. The van der Waals surface area contributed by atoms with E-state index in [4.69, 9.17) is 44.2 Å². The predicted octanol–water partition coefficient (Wildman–Crippen LogP) is 6.79. The van der Waals surface area contributed by atoms with Crippen LogP contribution in [-0.4, -0.2) is 107 Å². The summed E-state index contributed by atoms with van der Waals surface area (Å²) in [6.07, 6.45) is 4.29. The molecule has 6 aromatic rings. The minimum absolute atomic E-state index is 0.0396. The van der Waals surface area contributed by atoms with Gasteiger partial charge in [-0.1, -0.05) is 88.0 Å². The molecule has 20 nitrogen and oxygen atoms in total. The molecule has 2 amide bonds. The molecule has 24 heteroatoms. The number of nitrogens with one attached hydrogen (secondary N) is 2. The fourth-order valence-electron chi connectivity index (χ4n) is 6.86. The van der Waals surface area contributed by atoms with E-state index >= 15 is 0 Å². The lowest BCUT2D eigenvalue weighted by Crippen LogP contribution is -2.38. The number of nitrogens with two attached hydrogens (primary N) is 2. The van der Waals surface area contributed by atoms with Crippen LogP contribution >= 0.6 is 23.2 Å². The van der Waals surface area contributed by atoms with Crippen molar-refractivity contribution in [3.8, 4) is 0 Å². The number of carbonyl (C=O) groups excluding carboxylic acids is 2. The fraction of sp³-hybridized carbons (Fsp3) is 0.429. The van der Waals surface area contributed by atoms with E-state index in [-0.39, 0.29) is 68.9 Å². The van der Waals surface area contributed by atoms with Crippen molar-refractivity contribution in [1.29, 1.82) is 9.56 Å². The van der Waals surface area contributed by atoms with Crippen LogP contribution in [0.25, 0.3) is 22.3 Å². The van der Waals surface area contributed by atoms with Crippen molar-refractivity contribution in [2.24, 2.45) is 0 Å². The Labute approximate surface area is 392 Å². The zero-order valence-electron chi connectivity index (χ0n) is 37.8. The van der Waals surface area contributed by atoms with Gasteiger partial charge in [0, 0.05) is 48.7 Å². The second kappa shape index (κ2) is 21.6. The number of amides is 2. The number of anilines is 2. The monoisotopic (exact) mass is 986 g/mol. The maximum atomic E-state index is 13.4. The summed E-state index contributed by atoms with van der Waals surface area (Å²) in [6.45, 7) is 8.68. The van der Waals surface area contributed by atoms with Crippen LogP contribution in [-0.2, 0) is 32.5 Å². The molecule has 4 heterocycles. The molecule has 0 aliphatic rings. The lowest BCUT2D eigenvalue weighted by Gasteiger charge is -2.17. The summed E-state index contributed by atoms with van der Waals surface area (Å²) in [5.74, 6) is -0.233. The van der Waals surface area contributed by atoms with Crippen molar-refractivity contribution in [2.75, 3.05) is 50.2 Å². The van der Waals surface area contributed by atoms with Gasteiger partial charge in [0.05, 0.1) is 13.1 Å². The van der Waals surface area contributed by atoms with Gasteiger partial charge in [0.25, 0.3) is 0 Å². The van der Waals surface area contributed by atoms with Gasteiger partial charge in [0.1, 0.15) is 30.5 Å². The normalized spacial score (nSPS) is 13.2. The van der Waals surface area contributed by atoms with Crippen LogP contribution < -0.4 is 22.8 Å². The van der Waals surface area contributed by atoms with Gasteiger partial charge in [-0.2, -0.15) is 9.97 Å². The molecule has 2 aromatic carbocycles. The number of aromatic nitrogens is 8. The van der Waals surface area contributed by atoms with E-state index in [0.717, 1.165) is 45.9 Å². The molecular weight excluding hydrogens is 932 g/mol. The van der Waals surface area contributed by atoms with E-state index in [1.54, 1.807) is 76.5 Å². The summed E-state index contributed by atoms with van der Waals surface area (Å²) in [7, 11) is -3.41. The molecule has 6 rings (SSSR count). The molecule has 0 aliphatic carbocycles. The number of nitrogens with zero attached hydrogens (tertiary/aromatic N) is 10. The Morgan fingerprint density at radius 3 is 1.24 bits per heavy atom. The summed E-state index contributed by atoms with van der Waals surface area (Å²) in [4.78, 5) is 72.9. The molecule has 0 fully saturated rings. The average Bonchev–Trinajstić information content (AvgIpc) is 3.72. The summed E-state index contributed by atoms with van der Waals surface area (Å²) in [5.41, 5.74) is 12.7. The zero-order chi connectivity index (χ0) is 48.7. The smallest absolute Gasteiger partial charge is 0.339 e. The van der Waals surface area contributed by atoms with Crippen LogP contribution in [0.3, 0.4) is 0 Å². The first-order chi connectivity index (χ1) is 31.2. The summed E-state index contributed by atoms with van der Waals surface area (Å²) >= 11 is 11.9. The number of rotatable bonds is 16. The molecule has 2 atom stereocenters. The second-order valence-electron chi connectivity index (χ2n) is 15.7. The number of unbranched alkanes of at least 4 members (excludes halogenated alkanes) is 2. The highest BCUT2D eigenvalue weighted by atomic mass is 35.5. The van der Waals surface area contributed by atoms with Gasteiger partial charge >= 0.3 is 23.4 Å². The van der Waals surface area contributed by atoms with E-state index < -0.39 is 42.9 Å². The number of halogens is 2. The molecule has 0 radical (unpaired) electrons. The second-order valence-corrected chi connectivity index (χ2v) is 20.8. The third-order valence-electron chi connectivity index (χ3n) is 10.4. The first-order valence-electron chi connectivity index (χ1n) is 21.3. The fourth-order valence-corrected chi connectivity index (χ4v) is 9.58. The van der Waals surface area contributed by atoms with Gasteiger partial charge in [0.2, 0.25) is 10.3 Å². The van der Waals surface area contributed by atoms with E-state index in [0.29, 0.717) is 36.0 Å². The van der Waals surface area contributed by atoms with E-state index in [9.17, 15) is 27.6 Å². The van der Waals surface area contributed by atoms with Crippen LogP contribution in [0.2, 0.25) is 10.0 Å². The first-order valence-corrected chi connectivity index (χ1v) is 25.5. The van der Waals surface area contributed by atoms with Crippen molar-refractivity contribution >= 4 is 88.7 Å². The molecule has 0 bridgehead atoms. The number of imidazole rings is 2. The Kier molecular flexibility index (Phi) is 16.8. The number of hydrogen-bond donors (Lipinski definition) is 4. The first kappa shape index (κ1) is 51.1. The van der Waals surface area contributed by atoms with E-state index in [2.05, 4.69) is 19.9 Å². The number of carbonyl (C=O) groups is 2. The molecule has 0 saturated heterocycles. The zero-order valence-corrected chi connectivity index (χ0v) is 40.9. The Bertz CT molecular complexity index is 2870. The van der Waals surface area contributed by atoms with Crippen molar-refractivity contribution in [3.05, 3.63) is 90.7 Å². The lowest BCUT2D eigenvalue weighted by atomic mass is 10.2. The standard InChI is InChI=1S/2C21H28ClN7O3S/c2*1-4-6-11-27(3)20(30)29-16-17(23)25-19(33(24,32)12-5-2)26-18(16)28(21(29)31)13-14-7-9-15(22)10-8-14/h2*7-10,24H,4-6,11-13H2,1-3H3,(H2,23,25,26)/t2*33-/m10/s1. The highest BCUT2D eigenvalue weighted by Crippen LogP contribution is 2.24. The van der Waals surface area contributed by atoms with Crippen LogP contribution in [0.5, 0.6) is 0 Å². The molecule has 0 unspecified atom stereocenters. The van der Waals surface area contributed by atoms with Gasteiger partial charge in [-0.25, -0.2) is 56.3 Å². The van der Waals surface area contributed by atoms with Crippen LogP contribution in [0.4, 0.5) is 21.2 Å². The average molecular weight is 988 g/mol. The third kappa shape index (κ3) is 11.2.